The van der Waals surface area contributed by atoms with Gasteiger partial charge in [0.25, 0.3) is 5.91 Å². The molecule has 0 saturated carbocycles. The van der Waals surface area contributed by atoms with E-state index >= 15 is 0 Å². The van der Waals surface area contributed by atoms with Crippen molar-refractivity contribution in [2.75, 3.05) is 0 Å². The smallest absolute Gasteiger partial charge is 0.261 e. The van der Waals surface area contributed by atoms with Crippen LogP contribution in [0.4, 0.5) is 0 Å². The summed E-state index contributed by atoms with van der Waals surface area (Å²) < 4.78 is 5.78. The predicted octanol–water partition coefficient (Wildman–Crippen LogP) is 4.73. The molecule has 4 heteroatoms. The Bertz CT molecular complexity index is 798. The second-order valence-corrected chi connectivity index (χ2v) is 6.92. The molecule has 3 aromatic rings. The van der Waals surface area contributed by atoms with Crippen molar-refractivity contribution in [1.29, 1.82) is 0 Å². The second kappa shape index (κ2) is 7.99. The lowest BCUT2D eigenvalue weighted by molar-refractivity contribution is -0.127. The van der Waals surface area contributed by atoms with E-state index in [0.717, 1.165) is 16.0 Å². The Labute approximate surface area is 152 Å². The molecule has 2 unspecified atom stereocenters. The summed E-state index contributed by atoms with van der Waals surface area (Å²) in [5.74, 6) is 0.559. The van der Waals surface area contributed by atoms with Gasteiger partial charge >= 0.3 is 0 Å². The number of aryl methyl sites for hydroxylation is 1. The van der Waals surface area contributed by atoms with Crippen molar-refractivity contribution in [1.82, 2.24) is 5.32 Å². The van der Waals surface area contributed by atoms with Crippen molar-refractivity contribution in [3.8, 4) is 5.75 Å². The van der Waals surface area contributed by atoms with E-state index in [-0.39, 0.29) is 11.9 Å². The topological polar surface area (TPSA) is 38.3 Å². The number of amides is 1. The van der Waals surface area contributed by atoms with Gasteiger partial charge in [-0.05, 0) is 43.0 Å². The minimum absolute atomic E-state index is 0.136. The average molecular weight is 351 g/mol. The molecule has 0 saturated heterocycles. The van der Waals surface area contributed by atoms with Gasteiger partial charge in [-0.25, -0.2) is 0 Å². The van der Waals surface area contributed by atoms with Crippen molar-refractivity contribution in [3.05, 3.63) is 88.1 Å². The first-order valence-electron chi connectivity index (χ1n) is 8.25. The van der Waals surface area contributed by atoms with E-state index in [2.05, 4.69) is 5.32 Å². The third kappa shape index (κ3) is 4.48. The van der Waals surface area contributed by atoms with Crippen LogP contribution in [0.3, 0.4) is 0 Å². The number of hydrogen-bond acceptors (Lipinski definition) is 3. The fraction of sp³-hybridized carbons (Fsp3) is 0.190. The zero-order valence-corrected chi connectivity index (χ0v) is 15.1. The van der Waals surface area contributed by atoms with E-state index in [9.17, 15) is 4.79 Å². The first-order chi connectivity index (χ1) is 12.1. The van der Waals surface area contributed by atoms with Crippen LogP contribution in [0.15, 0.2) is 72.1 Å². The van der Waals surface area contributed by atoms with Gasteiger partial charge in [0.15, 0.2) is 6.10 Å². The molecule has 1 aromatic heterocycles. The number of nitrogens with one attached hydrogen (secondary N) is 1. The number of hydrogen-bond donors (Lipinski definition) is 1. The third-order valence-electron chi connectivity index (χ3n) is 3.95. The fourth-order valence-electron chi connectivity index (χ4n) is 2.55. The minimum Gasteiger partial charge on any atom is -0.481 e. The van der Waals surface area contributed by atoms with Crippen LogP contribution in [-0.2, 0) is 4.79 Å². The Morgan fingerprint density at radius 1 is 1.00 bits per heavy atom. The number of carbonyl (C=O) groups excluding carboxylic acids is 1. The van der Waals surface area contributed by atoms with Crippen LogP contribution < -0.4 is 10.1 Å². The molecule has 2 aromatic carbocycles. The summed E-state index contributed by atoms with van der Waals surface area (Å²) in [7, 11) is 0. The van der Waals surface area contributed by atoms with E-state index in [1.165, 1.54) is 0 Å². The fourth-order valence-corrected chi connectivity index (χ4v) is 3.36. The Balaban J connectivity index is 1.73. The van der Waals surface area contributed by atoms with Gasteiger partial charge in [-0.3, -0.25) is 4.79 Å². The van der Waals surface area contributed by atoms with Crippen molar-refractivity contribution in [2.24, 2.45) is 0 Å². The maximum absolute atomic E-state index is 12.7. The largest absolute Gasteiger partial charge is 0.481 e. The molecule has 0 aliphatic carbocycles. The molecular formula is C21H21NO2S. The molecular weight excluding hydrogens is 330 g/mol. The van der Waals surface area contributed by atoms with Crippen LogP contribution in [0.2, 0.25) is 0 Å². The molecule has 2 atom stereocenters. The first-order valence-corrected chi connectivity index (χ1v) is 9.13. The molecule has 25 heavy (non-hydrogen) atoms. The maximum Gasteiger partial charge on any atom is 0.261 e. The molecule has 0 aliphatic rings. The normalized spacial score (nSPS) is 13.0. The molecule has 3 rings (SSSR count). The second-order valence-electron chi connectivity index (χ2n) is 5.94. The SMILES string of the molecule is Cc1ccc(OC(C)C(=O)NC(c2ccccc2)c2cccs2)cc1. The van der Waals surface area contributed by atoms with Crippen molar-refractivity contribution >= 4 is 17.2 Å². The van der Waals surface area contributed by atoms with Crippen LogP contribution in [0, 0.1) is 6.92 Å². The highest BCUT2D eigenvalue weighted by Crippen LogP contribution is 2.26. The van der Waals surface area contributed by atoms with E-state index in [1.54, 1.807) is 18.3 Å². The number of rotatable bonds is 6. The standard InChI is InChI=1S/C21H21NO2S/c1-15-10-12-18(13-11-15)24-16(2)21(23)22-20(19-9-6-14-25-19)17-7-4-3-5-8-17/h3-14,16,20H,1-2H3,(H,22,23). The lowest BCUT2D eigenvalue weighted by Gasteiger charge is -2.21. The first kappa shape index (κ1) is 17.2. The molecule has 0 aliphatic heterocycles. The van der Waals surface area contributed by atoms with Gasteiger partial charge in [-0.15, -0.1) is 11.3 Å². The van der Waals surface area contributed by atoms with Gasteiger partial charge in [-0.1, -0.05) is 54.1 Å². The van der Waals surface area contributed by atoms with Crippen LogP contribution in [0.1, 0.15) is 29.0 Å². The highest BCUT2D eigenvalue weighted by atomic mass is 32.1. The van der Waals surface area contributed by atoms with Crippen LogP contribution in [0.25, 0.3) is 0 Å². The third-order valence-corrected chi connectivity index (χ3v) is 4.89. The molecule has 1 N–H and O–H groups in total. The van der Waals surface area contributed by atoms with E-state index in [0.29, 0.717) is 5.75 Å². The van der Waals surface area contributed by atoms with Crippen molar-refractivity contribution < 1.29 is 9.53 Å². The quantitative estimate of drug-likeness (QED) is 0.697. The van der Waals surface area contributed by atoms with Gasteiger partial charge in [0.05, 0.1) is 6.04 Å². The summed E-state index contributed by atoms with van der Waals surface area (Å²) >= 11 is 1.63. The van der Waals surface area contributed by atoms with Gasteiger partial charge in [-0.2, -0.15) is 0 Å². The van der Waals surface area contributed by atoms with Crippen molar-refractivity contribution in [2.45, 2.75) is 26.0 Å². The highest BCUT2D eigenvalue weighted by molar-refractivity contribution is 7.10. The molecule has 1 heterocycles. The highest BCUT2D eigenvalue weighted by Gasteiger charge is 2.22. The molecule has 3 nitrogen and oxygen atoms in total. The monoisotopic (exact) mass is 351 g/mol. The molecule has 0 spiro atoms. The van der Waals surface area contributed by atoms with Gasteiger partial charge in [0.1, 0.15) is 5.75 Å². The van der Waals surface area contributed by atoms with Crippen molar-refractivity contribution in [3.63, 3.8) is 0 Å². The van der Waals surface area contributed by atoms with E-state index < -0.39 is 6.10 Å². The Hall–Kier alpha value is -2.59. The summed E-state index contributed by atoms with van der Waals surface area (Å²) in [6.45, 7) is 3.79. The lowest BCUT2D eigenvalue weighted by Crippen LogP contribution is -2.38. The van der Waals surface area contributed by atoms with E-state index in [1.807, 2.05) is 79.0 Å². The number of carbonyl (C=O) groups is 1. The summed E-state index contributed by atoms with van der Waals surface area (Å²) in [6.07, 6.45) is -0.575. The summed E-state index contributed by atoms with van der Waals surface area (Å²) in [5.41, 5.74) is 2.21. The minimum atomic E-state index is -0.575. The Morgan fingerprint density at radius 2 is 1.72 bits per heavy atom. The molecule has 0 fully saturated rings. The lowest BCUT2D eigenvalue weighted by atomic mass is 10.1. The zero-order chi connectivity index (χ0) is 17.6. The predicted molar refractivity (Wildman–Crippen MR) is 102 cm³/mol. The Kier molecular flexibility index (Phi) is 5.51. The maximum atomic E-state index is 12.7. The average Bonchev–Trinajstić information content (AvgIpc) is 3.16. The molecule has 128 valence electrons. The van der Waals surface area contributed by atoms with Crippen LogP contribution in [0.5, 0.6) is 5.75 Å². The van der Waals surface area contributed by atoms with Crippen LogP contribution in [-0.4, -0.2) is 12.0 Å². The summed E-state index contributed by atoms with van der Waals surface area (Å²) in [5, 5.41) is 5.13. The summed E-state index contributed by atoms with van der Waals surface area (Å²) in [6, 6.07) is 21.5. The van der Waals surface area contributed by atoms with Crippen LogP contribution >= 0.6 is 11.3 Å². The van der Waals surface area contributed by atoms with E-state index in [4.69, 9.17) is 4.74 Å². The Morgan fingerprint density at radius 3 is 2.36 bits per heavy atom. The summed E-state index contributed by atoms with van der Waals surface area (Å²) in [4.78, 5) is 13.8. The number of benzene rings is 2. The molecule has 1 amide bonds. The zero-order valence-electron chi connectivity index (χ0n) is 14.3. The number of ether oxygens (including phenoxy) is 1. The molecule has 0 bridgehead atoms. The van der Waals surface area contributed by atoms with Gasteiger partial charge in [0, 0.05) is 4.88 Å². The molecule has 0 radical (unpaired) electrons. The number of thiophene rings is 1. The van der Waals surface area contributed by atoms with Gasteiger partial charge in [0.2, 0.25) is 0 Å². The van der Waals surface area contributed by atoms with Gasteiger partial charge < -0.3 is 10.1 Å².